The zero-order valence-electron chi connectivity index (χ0n) is 17.7. The summed E-state index contributed by atoms with van der Waals surface area (Å²) in [4.78, 5) is 12.6. The van der Waals surface area contributed by atoms with Crippen LogP contribution in [0.2, 0.25) is 5.02 Å². The summed E-state index contributed by atoms with van der Waals surface area (Å²) in [5.41, 5.74) is 9.02. The largest absolute Gasteiger partial charge is 0.397 e. The lowest BCUT2D eigenvalue weighted by Gasteiger charge is -2.17. The lowest BCUT2D eigenvalue weighted by Crippen LogP contribution is -2.09. The zero-order chi connectivity index (χ0) is 23.7. The van der Waals surface area contributed by atoms with Crippen molar-refractivity contribution in [1.29, 1.82) is 0 Å². The predicted molar refractivity (Wildman–Crippen MR) is 123 cm³/mol. The molecule has 0 bridgehead atoms. The summed E-state index contributed by atoms with van der Waals surface area (Å²) in [6, 6.07) is 11.9. The first-order chi connectivity index (χ1) is 15.7. The SMILES string of the molecule is Cc1nc(N[C@@H](C)c2cccc(-c3cncc(N)c3)c2)cc(-c2cc(Cl)c(F)c(F)c2F)n1. The summed E-state index contributed by atoms with van der Waals surface area (Å²) in [5, 5.41) is 2.71. The van der Waals surface area contributed by atoms with E-state index >= 15 is 0 Å². The fraction of sp³-hybridized carbons (Fsp3) is 0.125. The topological polar surface area (TPSA) is 76.7 Å². The Labute approximate surface area is 193 Å². The van der Waals surface area contributed by atoms with E-state index in [-0.39, 0.29) is 17.3 Å². The van der Waals surface area contributed by atoms with Crippen molar-refractivity contribution in [2.75, 3.05) is 11.1 Å². The van der Waals surface area contributed by atoms with Crippen LogP contribution in [-0.2, 0) is 0 Å². The van der Waals surface area contributed by atoms with Gasteiger partial charge in [-0.15, -0.1) is 0 Å². The monoisotopic (exact) mass is 469 g/mol. The Morgan fingerprint density at radius 3 is 2.48 bits per heavy atom. The maximum atomic E-state index is 14.4. The summed E-state index contributed by atoms with van der Waals surface area (Å²) in [5.74, 6) is -3.74. The molecular formula is C24H19ClF3N5. The van der Waals surface area contributed by atoms with Crippen LogP contribution in [0.4, 0.5) is 24.7 Å². The van der Waals surface area contributed by atoms with Crippen molar-refractivity contribution in [2.24, 2.45) is 0 Å². The number of benzene rings is 2. The Balaban J connectivity index is 1.65. The van der Waals surface area contributed by atoms with Crippen molar-refractivity contribution < 1.29 is 13.2 Å². The molecule has 168 valence electrons. The number of nitrogens with two attached hydrogens (primary N) is 1. The van der Waals surface area contributed by atoms with E-state index < -0.39 is 22.5 Å². The third-order valence-electron chi connectivity index (χ3n) is 5.06. The Bertz CT molecular complexity index is 1350. The van der Waals surface area contributed by atoms with Gasteiger partial charge in [-0.25, -0.2) is 23.1 Å². The first kappa shape index (κ1) is 22.5. The molecule has 0 saturated heterocycles. The number of aryl methyl sites for hydroxylation is 1. The van der Waals surface area contributed by atoms with Gasteiger partial charge in [0.25, 0.3) is 0 Å². The Kier molecular flexibility index (Phi) is 6.20. The summed E-state index contributed by atoms with van der Waals surface area (Å²) in [6.45, 7) is 3.55. The van der Waals surface area contributed by atoms with E-state index in [9.17, 15) is 13.2 Å². The lowest BCUT2D eigenvalue weighted by molar-refractivity contribution is 0.449. The zero-order valence-corrected chi connectivity index (χ0v) is 18.5. The molecule has 1 atom stereocenters. The number of pyridine rings is 1. The van der Waals surface area contributed by atoms with Gasteiger partial charge in [0.1, 0.15) is 11.6 Å². The van der Waals surface area contributed by atoms with E-state index in [0.29, 0.717) is 17.3 Å². The molecule has 4 rings (SSSR count). The van der Waals surface area contributed by atoms with Crippen molar-refractivity contribution in [1.82, 2.24) is 15.0 Å². The third kappa shape index (κ3) is 4.75. The second-order valence-electron chi connectivity index (χ2n) is 7.53. The van der Waals surface area contributed by atoms with E-state index in [1.54, 1.807) is 19.3 Å². The molecule has 2 aromatic carbocycles. The molecule has 0 amide bonds. The second-order valence-corrected chi connectivity index (χ2v) is 7.94. The molecule has 0 saturated carbocycles. The fourth-order valence-electron chi connectivity index (χ4n) is 3.45. The average molecular weight is 470 g/mol. The molecule has 0 fully saturated rings. The third-order valence-corrected chi connectivity index (χ3v) is 5.34. The van der Waals surface area contributed by atoms with Gasteiger partial charge in [0.2, 0.25) is 0 Å². The molecule has 2 heterocycles. The number of aromatic nitrogens is 3. The Morgan fingerprint density at radius 1 is 0.939 bits per heavy atom. The highest BCUT2D eigenvalue weighted by Gasteiger charge is 2.20. The summed E-state index contributed by atoms with van der Waals surface area (Å²) in [7, 11) is 0. The van der Waals surface area contributed by atoms with E-state index in [4.69, 9.17) is 17.3 Å². The van der Waals surface area contributed by atoms with Crippen LogP contribution < -0.4 is 11.1 Å². The molecule has 5 nitrogen and oxygen atoms in total. The van der Waals surface area contributed by atoms with Crippen LogP contribution in [0.5, 0.6) is 0 Å². The maximum Gasteiger partial charge on any atom is 0.196 e. The predicted octanol–water partition coefficient (Wildman–Crippen LogP) is 6.34. The number of hydrogen-bond acceptors (Lipinski definition) is 5. The van der Waals surface area contributed by atoms with Gasteiger partial charge in [0.05, 0.1) is 16.4 Å². The molecule has 0 spiro atoms. The van der Waals surface area contributed by atoms with E-state index in [0.717, 1.165) is 22.8 Å². The first-order valence-electron chi connectivity index (χ1n) is 9.99. The number of halogens is 4. The molecule has 2 aromatic heterocycles. The molecule has 0 unspecified atom stereocenters. The van der Waals surface area contributed by atoms with Gasteiger partial charge in [0, 0.05) is 35.6 Å². The number of hydrogen-bond donors (Lipinski definition) is 2. The van der Waals surface area contributed by atoms with Crippen molar-refractivity contribution in [3.63, 3.8) is 0 Å². The van der Waals surface area contributed by atoms with Gasteiger partial charge >= 0.3 is 0 Å². The molecule has 0 aliphatic carbocycles. The molecule has 0 aliphatic heterocycles. The molecule has 3 N–H and O–H groups in total. The van der Waals surface area contributed by atoms with Gasteiger partial charge in [-0.1, -0.05) is 29.8 Å². The van der Waals surface area contributed by atoms with Crippen LogP contribution in [0.15, 0.2) is 54.9 Å². The van der Waals surface area contributed by atoms with Crippen molar-refractivity contribution in [2.45, 2.75) is 19.9 Å². The van der Waals surface area contributed by atoms with Crippen LogP contribution in [-0.4, -0.2) is 15.0 Å². The van der Waals surface area contributed by atoms with Crippen LogP contribution >= 0.6 is 11.6 Å². The van der Waals surface area contributed by atoms with E-state index in [1.807, 2.05) is 37.3 Å². The van der Waals surface area contributed by atoms with Crippen molar-refractivity contribution >= 4 is 23.1 Å². The standard InChI is InChI=1S/C24H19ClF3N5/c1-12(14-4-3-5-15(6-14)16-7-17(29)11-30-10-16)31-21-9-20(32-13(2)33-21)18-8-19(25)23(27)24(28)22(18)26/h3-12H,29H2,1-2H3,(H,31,32,33)/t12-/m0/s1. The van der Waals surface area contributed by atoms with Crippen LogP contribution in [0, 0.1) is 24.4 Å². The fourth-order valence-corrected chi connectivity index (χ4v) is 3.64. The molecule has 9 heteroatoms. The van der Waals surface area contributed by atoms with Gasteiger partial charge in [-0.2, -0.15) is 0 Å². The minimum Gasteiger partial charge on any atom is -0.397 e. The maximum absolute atomic E-state index is 14.4. The molecule has 0 aliphatic rings. The molecular weight excluding hydrogens is 451 g/mol. The quantitative estimate of drug-likeness (QED) is 0.263. The number of rotatable bonds is 5. The van der Waals surface area contributed by atoms with Crippen LogP contribution in [0.1, 0.15) is 24.4 Å². The smallest absolute Gasteiger partial charge is 0.196 e. The molecule has 4 aromatic rings. The summed E-state index contributed by atoms with van der Waals surface area (Å²) >= 11 is 5.71. The molecule has 33 heavy (non-hydrogen) atoms. The van der Waals surface area contributed by atoms with E-state index in [2.05, 4.69) is 20.3 Å². The van der Waals surface area contributed by atoms with Crippen LogP contribution in [0.3, 0.4) is 0 Å². The minimum atomic E-state index is -1.65. The van der Waals surface area contributed by atoms with Crippen molar-refractivity contribution in [3.8, 4) is 22.4 Å². The van der Waals surface area contributed by atoms with E-state index in [1.165, 1.54) is 6.07 Å². The minimum absolute atomic E-state index is 0.0788. The van der Waals surface area contributed by atoms with Gasteiger partial charge in [-0.05, 0) is 43.2 Å². The van der Waals surface area contributed by atoms with Gasteiger partial charge in [0.15, 0.2) is 17.5 Å². The Morgan fingerprint density at radius 2 is 1.73 bits per heavy atom. The van der Waals surface area contributed by atoms with Gasteiger partial charge in [-0.3, -0.25) is 4.98 Å². The number of anilines is 2. The summed E-state index contributed by atoms with van der Waals surface area (Å²) < 4.78 is 41.8. The normalized spacial score (nSPS) is 11.9. The number of nitrogen functional groups attached to an aromatic ring is 1. The van der Waals surface area contributed by atoms with Crippen molar-refractivity contribution in [3.05, 3.63) is 88.7 Å². The lowest BCUT2D eigenvalue weighted by atomic mass is 10.0. The number of nitrogens with zero attached hydrogens (tertiary/aromatic N) is 3. The highest BCUT2D eigenvalue weighted by atomic mass is 35.5. The van der Waals surface area contributed by atoms with Crippen LogP contribution in [0.25, 0.3) is 22.4 Å². The Hall–Kier alpha value is -3.65. The highest BCUT2D eigenvalue weighted by Crippen LogP contribution is 2.31. The average Bonchev–Trinajstić information content (AvgIpc) is 2.79. The first-order valence-corrected chi connectivity index (χ1v) is 10.4. The molecule has 0 radical (unpaired) electrons. The van der Waals surface area contributed by atoms with Gasteiger partial charge < -0.3 is 11.1 Å². The second kappa shape index (κ2) is 9.07. The number of nitrogens with one attached hydrogen (secondary N) is 1. The summed E-state index contributed by atoms with van der Waals surface area (Å²) in [6.07, 6.45) is 3.31. The highest BCUT2D eigenvalue weighted by molar-refractivity contribution is 6.31.